The van der Waals surface area contributed by atoms with Crippen molar-refractivity contribution >= 4 is 17.0 Å². The SMILES string of the molecule is COc1ccc(NC(CO)c2ccc(C(C)(C)C)s2)cc1. The predicted molar refractivity (Wildman–Crippen MR) is 89.5 cm³/mol. The standard InChI is InChI=1S/C17H23NO2S/c1-17(2,3)16-10-9-15(21-16)14(11-19)18-12-5-7-13(20-4)8-6-12/h5-10,14,18-19H,11H2,1-4H3. The maximum absolute atomic E-state index is 9.67. The van der Waals surface area contributed by atoms with Gasteiger partial charge in [-0.25, -0.2) is 0 Å². The third-order valence-corrected chi connectivity index (χ3v) is 4.95. The smallest absolute Gasteiger partial charge is 0.119 e. The van der Waals surface area contributed by atoms with Gasteiger partial charge in [-0.15, -0.1) is 11.3 Å². The molecule has 2 rings (SSSR count). The van der Waals surface area contributed by atoms with E-state index in [4.69, 9.17) is 4.74 Å². The van der Waals surface area contributed by atoms with Crippen LogP contribution in [0, 0.1) is 0 Å². The summed E-state index contributed by atoms with van der Waals surface area (Å²) >= 11 is 1.75. The Hall–Kier alpha value is -1.52. The number of anilines is 1. The Labute approximate surface area is 130 Å². The van der Waals surface area contributed by atoms with Gasteiger partial charge in [0.25, 0.3) is 0 Å². The van der Waals surface area contributed by atoms with E-state index in [0.717, 1.165) is 16.3 Å². The summed E-state index contributed by atoms with van der Waals surface area (Å²) in [5, 5.41) is 13.0. The summed E-state index contributed by atoms with van der Waals surface area (Å²) in [7, 11) is 1.65. The van der Waals surface area contributed by atoms with Gasteiger partial charge in [-0.1, -0.05) is 20.8 Å². The Morgan fingerprint density at radius 3 is 2.29 bits per heavy atom. The van der Waals surface area contributed by atoms with E-state index in [1.165, 1.54) is 4.88 Å². The Balaban J connectivity index is 2.13. The number of hydrogen-bond donors (Lipinski definition) is 2. The van der Waals surface area contributed by atoms with Crippen molar-refractivity contribution in [3.8, 4) is 5.75 Å². The first-order chi connectivity index (χ1) is 9.94. The highest BCUT2D eigenvalue weighted by atomic mass is 32.1. The van der Waals surface area contributed by atoms with Crippen LogP contribution in [0.1, 0.15) is 36.6 Å². The summed E-state index contributed by atoms with van der Waals surface area (Å²) in [5.41, 5.74) is 1.11. The number of aliphatic hydroxyl groups excluding tert-OH is 1. The summed E-state index contributed by atoms with van der Waals surface area (Å²) in [5.74, 6) is 0.826. The fraction of sp³-hybridized carbons (Fsp3) is 0.412. The number of ether oxygens (including phenoxy) is 1. The van der Waals surface area contributed by atoms with Crippen LogP contribution in [0.3, 0.4) is 0 Å². The molecule has 21 heavy (non-hydrogen) atoms. The maximum atomic E-state index is 9.67. The predicted octanol–water partition coefficient (Wildman–Crippen LogP) is 4.20. The van der Waals surface area contributed by atoms with Crippen LogP contribution in [0.2, 0.25) is 0 Å². The fourth-order valence-corrected chi connectivity index (χ4v) is 3.15. The van der Waals surface area contributed by atoms with Crippen LogP contribution in [0.15, 0.2) is 36.4 Å². The molecule has 1 aromatic carbocycles. The van der Waals surface area contributed by atoms with Crippen molar-refractivity contribution in [2.45, 2.75) is 32.2 Å². The lowest BCUT2D eigenvalue weighted by atomic mass is 9.95. The zero-order valence-corrected chi connectivity index (χ0v) is 13.8. The number of benzene rings is 1. The van der Waals surface area contributed by atoms with Gasteiger partial charge in [0.05, 0.1) is 19.8 Å². The zero-order valence-electron chi connectivity index (χ0n) is 13.0. The molecule has 0 saturated carbocycles. The number of rotatable bonds is 5. The second-order valence-electron chi connectivity index (χ2n) is 6.06. The molecule has 114 valence electrons. The van der Waals surface area contributed by atoms with Gasteiger partial charge in [0, 0.05) is 15.4 Å². The summed E-state index contributed by atoms with van der Waals surface area (Å²) in [6, 6.07) is 11.9. The molecule has 1 heterocycles. The number of aliphatic hydroxyl groups is 1. The van der Waals surface area contributed by atoms with E-state index in [9.17, 15) is 5.11 Å². The summed E-state index contributed by atoms with van der Waals surface area (Å²) in [6.45, 7) is 6.67. The molecule has 4 heteroatoms. The molecule has 0 aliphatic rings. The van der Waals surface area contributed by atoms with Crippen LogP contribution >= 0.6 is 11.3 Å². The van der Waals surface area contributed by atoms with E-state index in [0.29, 0.717) is 0 Å². The van der Waals surface area contributed by atoms with E-state index in [1.54, 1.807) is 18.4 Å². The monoisotopic (exact) mass is 305 g/mol. The molecular weight excluding hydrogens is 282 g/mol. The molecule has 0 spiro atoms. The minimum absolute atomic E-state index is 0.0656. The Morgan fingerprint density at radius 2 is 1.81 bits per heavy atom. The van der Waals surface area contributed by atoms with Crippen molar-refractivity contribution in [2.24, 2.45) is 0 Å². The quantitative estimate of drug-likeness (QED) is 0.870. The lowest BCUT2D eigenvalue weighted by molar-refractivity contribution is 0.278. The van der Waals surface area contributed by atoms with Gasteiger partial charge >= 0.3 is 0 Å². The van der Waals surface area contributed by atoms with E-state index >= 15 is 0 Å². The molecule has 0 amide bonds. The van der Waals surface area contributed by atoms with Gasteiger partial charge in [-0.05, 0) is 41.8 Å². The summed E-state index contributed by atoms with van der Waals surface area (Å²) in [4.78, 5) is 2.48. The molecule has 3 nitrogen and oxygen atoms in total. The van der Waals surface area contributed by atoms with Crippen LogP contribution < -0.4 is 10.1 Å². The minimum Gasteiger partial charge on any atom is -0.497 e. The van der Waals surface area contributed by atoms with Crippen LogP contribution in [0.5, 0.6) is 5.75 Å². The largest absolute Gasteiger partial charge is 0.497 e. The molecule has 0 saturated heterocycles. The molecule has 1 unspecified atom stereocenters. The first-order valence-corrected chi connectivity index (χ1v) is 7.87. The first-order valence-electron chi connectivity index (χ1n) is 7.05. The van der Waals surface area contributed by atoms with E-state index in [2.05, 4.69) is 38.2 Å². The molecular formula is C17H23NO2S. The minimum atomic E-state index is -0.0838. The normalized spacial score (nSPS) is 13.0. The van der Waals surface area contributed by atoms with Crippen molar-refractivity contribution in [1.82, 2.24) is 0 Å². The fourth-order valence-electron chi connectivity index (χ4n) is 2.04. The number of nitrogens with one attached hydrogen (secondary N) is 1. The van der Waals surface area contributed by atoms with Gasteiger partial charge < -0.3 is 15.2 Å². The second kappa shape index (κ2) is 6.50. The van der Waals surface area contributed by atoms with Gasteiger partial charge in [-0.3, -0.25) is 0 Å². The molecule has 1 aromatic heterocycles. The van der Waals surface area contributed by atoms with Crippen molar-refractivity contribution in [2.75, 3.05) is 19.0 Å². The molecule has 0 aliphatic heterocycles. The van der Waals surface area contributed by atoms with E-state index in [1.807, 2.05) is 24.3 Å². The van der Waals surface area contributed by atoms with Gasteiger partial charge in [0.2, 0.25) is 0 Å². The highest BCUT2D eigenvalue weighted by Crippen LogP contribution is 2.33. The first kappa shape index (κ1) is 15.9. The van der Waals surface area contributed by atoms with Crippen LogP contribution in [-0.2, 0) is 5.41 Å². The van der Waals surface area contributed by atoms with Crippen molar-refractivity contribution in [3.63, 3.8) is 0 Å². The molecule has 1 atom stereocenters. The molecule has 0 bridgehead atoms. The Kier molecular flexibility index (Phi) is 4.91. The highest BCUT2D eigenvalue weighted by Gasteiger charge is 2.19. The lowest BCUT2D eigenvalue weighted by Gasteiger charge is -2.18. The third-order valence-electron chi connectivity index (χ3n) is 3.32. The molecule has 0 radical (unpaired) electrons. The Bertz CT molecular complexity index is 569. The van der Waals surface area contributed by atoms with Crippen LogP contribution in [0.25, 0.3) is 0 Å². The van der Waals surface area contributed by atoms with Gasteiger partial charge in [0.1, 0.15) is 5.75 Å². The van der Waals surface area contributed by atoms with Crippen molar-refractivity contribution in [3.05, 3.63) is 46.2 Å². The molecule has 2 aromatic rings. The third kappa shape index (κ3) is 3.99. The summed E-state index contributed by atoms with van der Waals surface area (Å²) < 4.78 is 5.15. The van der Waals surface area contributed by atoms with Crippen LogP contribution in [-0.4, -0.2) is 18.8 Å². The van der Waals surface area contributed by atoms with Gasteiger partial charge in [0.15, 0.2) is 0 Å². The maximum Gasteiger partial charge on any atom is 0.119 e. The highest BCUT2D eigenvalue weighted by molar-refractivity contribution is 7.12. The average Bonchev–Trinajstić information content (AvgIpc) is 2.95. The van der Waals surface area contributed by atoms with E-state index < -0.39 is 0 Å². The average molecular weight is 305 g/mol. The zero-order chi connectivity index (χ0) is 15.5. The molecule has 0 fully saturated rings. The van der Waals surface area contributed by atoms with Crippen LogP contribution in [0.4, 0.5) is 5.69 Å². The number of hydrogen-bond acceptors (Lipinski definition) is 4. The topological polar surface area (TPSA) is 41.5 Å². The Morgan fingerprint density at radius 1 is 1.14 bits per heavy atom. The molecule has 0 aliphatic carbocycles. The second-order valence-corrected chi connectivity index (χ2v) is 7.18. The van der Waals surface area contributed by atoms with Crippen molar-refractivity contribution in [1.29, 1.82) is 0 Å². The van der Waals surface area contributed by atoms with Gasteiger partial charge in [-0.2, -0.15) is 0 Å². The van der Waals surface area contributed by atoms with Crippen molar-refractivity contribution < 1.29 is 9.84 Å². The summed E-state index contributed by atoms with van der Waals surface area (Å²) in [6.07, 6.45) is 0. The number of thiophene rings is 1. The molecule has 2 N–H and O–H groups in total. The lowest BCUT2D eigenvalue weighted by Crippen LogP contribution is -2.13. The van der Waals surface area contributed by atoms with E-state index in [-0.39, 0.29) is 18.1 Å². The number of methoxy groups -OCH3 is 1.